The Morgan fingerprint density at radius 1 is 0.943 bits per heavy atom. The largest absolute Gasteiger partial charge is 0.362 e. The van der Waals surface area contributed by atoms with Gasteiger partial charge in [0.25, 0.3) is 0 Å². The average molecular weight is 493 g/mol. The fraction of sp³-hybridized carbons (Fsp3) is 0.900. The van der Waals surface area contributed by atoms with Gasteiger partial charge in [0.1, 0.15) is 11.8 Å². The van der Waals surface area contributed by atoms with Crippen LogP contribution >= 0.6 is 0 Å². The second kappa shape index (κ2) is 17.7. The fourth-order valence-electron chi connectivity index (χ4n) is 5.39. The number of piperazine rings is 1. The molecule has 0 aliphatic carbocycles. The van der Waals surface area contributed by atoms with Crippen LogP contribution in [0.5, 0.6) is 0 Å². The van der Waals surface area contributed by atoms with E-state index >= 15 is 0 Å². The summed E-state index contributed by atoms with van der Waals surface area (Å²) in [5, 5.41) is 0. The van der Waals surface area contributed by atoms with Crippen molar-refractivity contribution in [1.29, 1.82) is 0 Å². The zero-order valence-electron chi connectivity index (χ0n) is 23.6. The third-order valence-corrected chi connectivity index (χ3v) is 7.95. The quantitative estimate of drug-likeness (QED) is 0.190. The molecule has 0 aromatic carbocycles. The van der Waals surface area contributed by atoms with Crippen molar-refractivity contribution in [1.82, 2.24) is 9.80 Å². The molecule has 2 aliphatic rings. The molecule has 2 aliphatic heterocycles. The number of carbonyl (C=O) groups excluding carboxylic acids is 1. The van der Waals surface area contributed by atoms with E-state index in [0.717, 1.165) is 32.7 Å². The number of likely N-dealkylation sites (N-methyl/N-ethyl adjacent to an activating group) is 1. The minimum absolute atomic E-state index is 0.0358. The second-order valence-electron chi connectivity index (χ2n) is 11.3. The van der Waals surface area contributed by atoms with Gasteiger partial charge in [0.2, 0.25) is 0 Å². The van der Waals surface area contributed by atoms with Gasteiger partial charge in [-0.2, -0.15) is 0 Å². The van der Waals surface area contributed by atoms with Crippen molar-refractivity contribution in [3.05, 3.63) is 12.2 Å². The zero-order valence-corrected chi connectivity index (χ0v) is 23.6. The van der Waals surface area contributed by atoms with Crippen LogP contribution in [-0.2, 0) is 14.3 Å². The van der Waals surface area contributed by atoms with Crippen LogP contribution < -0.4 is 0 Å². The highest BCUT2D eigenvalue weighted by Crippen LogP contribution is 2.29. The molecule has 0 aromatic rings. The summed E-state index contributed by atoms with van der Waals surface area (Å²) in [6.07, 6.45) is 22.8. The SMILES string of the molecule is CCCCCCCCCCCCCCCCOC1CN(C)CCN1CC1(C(C)C)OCC=CC1=O. The summed E-state index contributed by atoms with van der Waals surface area (Å²) >= 11 is 0. The van der Waals surface area contributed by atoms with E-state index in [1.807, 2.05) is 6.08 Å². The minimum atomic E-state index is -0.749. The van der Waals surface area contributed by atoms with Gasteiger partial charge in [-0.1, -0.05) is 110 Å². The fourth-order valence-corrected chi connectivity index (χ4v) is 5.39. The summed E-state index contributed by atoms with van der Waals surface area (Å²) in [6.45, 7) is 11.2. The molecule has 1 saturated heterocycles. The molecule has 5 heteroatoms. The van der Waals surface area contributed by atoms with Gasteiger partial charge in [-0.25, -0.2) is 0 Å². The molecule has 0 bridgehead atoms. The van der Waals surface area contributed by atoms with E-state index in [1.54, 1.807) is 6.08 Å². The van der Waals surface area contributed by atoms with Gasteiger partial charge in [-0.15, -0.1) is 0 Å². The highest BCUT2D eigenvalue weighted by atomic mass is 16.5. The van der Waals surface area contributed by atoms with Gasteiger partial charge in [0.15, 0.2) is 5.78 Å². The maximum atomic E-state index is 12.8. The van der Waals surface area contributed by atoms with E-state index in [0.29, 0.717) is 13.2 Å². The average Bonchev–Trinajstić information content (AvgIpc) is 2.84. The number of ether oxygens (including phenoxy) is 2. The number of ketones is 1. The zero-order chi connectivity index (χ0) is 25.4. The molecular weight excluding hydrogens is 436 g/mol. The summed E-state index contributed by atoms with van der Waals surface area (Å²) in [6, 6.07) is 0. The number of hydrogen-bond donors (Lipinski definition) is 0. The molecule has 5 nitrogen and oxygen atoms in total. The number of unbranched alkanes of at least 4 members (excludes halogenated alkanes) is 13. The molecule has 2 unspecified atom stereocenters. The first kappa shape index (κ1) is 30.5. The Morgan fingerprint density at radius 3 is 2.06 bits per heavy atom. The lowest BCUT2D eigenvalue weighted by atomic mass is 9.83. The minimum Gasteiger partial charge on any atom is -0.362 e. The monoisotopic (exact) mass is 492 g/mol. The Bertz CT molecular complexity index is 594. The van der Waals surface area contributed by atoms with Gasteiger partial charge in [0.05, 0.1) is 6.61 Å². The lowest BCUT2D eigenvalue weighted by Gasteiger charge is -2.46. The van der Waals surface area contributed by atoms with Crippen molar-refractivity contribution in [3.8, 4) is 0 Å². The number of rotatable bonds is 19. The lowest BCUT2D eigenvalue weighted by molar-refractivity contribution is -0.166. The van der Waals surface area contributed by atoms with Crippen molar-refractivity contribution in [3.63, 3.8) is 0 Å². The summed E-state index contributed by atoms with van der Waals surface area (Å²) in [7, 11) is 2.16. The molecule has 2 heterocycles. The number of nitrogens with zero attached hydrogens (tertiary/aromatic N) is 2. The summed E-state index contributed by atoms with van der Waals surface area (Å²) in [5.41, 5.74) is -0.749. The molecule has 0 amide bonds. The van der Waals surface area contributed by atoms with Gasteiger partial charge in [0, 0.05) is 32.8 Å². The molecule has 0 aromatic heterocycles. The van der Waals surface area contributed by atoms with E-state index in [1.165, 1.54) is 83.5 Å². The summed E-state index contributed by atoms with van der Waals surface area (Å²) in [4.78, 5) is 17.5. The first-order chi connectivity index (χ1) is 17.0. The molecule has 0 saturated carbocycles. The molecule has 0 radical (unpaired) electrons. The van der Waals surface area contributed by atoms with Crippen LogP contribution in [0.4, 0.5) is 0 Å². The summed E-state index contributed by atoms with van der Waals surface area (Å²) in [5.74, 6) is 0.231. The molecule has 0 spiro atoms. The van der Waals surface area contributed by atoms with Gasteiger partial charge in [-0.3, -0.25) is 9.69 Å². The number of hydrogen-bond acceptors (Lipinski definition) is 5. The van der Waals surface area contributed by atoms with E-state index in [9.17, 15) is 4.79 Å². The predicted molar refractivity (Wildman–Crippen MR) is 147 cm³/mol. The predicted octanol–water partition coefficient (Wildman–Crippen LogP) is 6.61. The second-order valence-corrected chi connectivity index (χ2v) is 11.3. The van der Waals surface area contributed by atoms with Gasteiger partial charge >= 0.3 is 0 Å². The molecule has 2 atom stereocenters. The Hall–Kier alpha value is -0.750. The van der Waals surface area contributed by atoms with Crippen LogP contribution in [0.1, 0.15) is 111 Å². The van der Waals surface area contributed by atoms with Crippen LogP contribution in [0.15, 0.2) is 12.2 Å². The number of carbonyl (C=O) groups is 1. The van der Waals surface area contributed by atoms with Crippen LogP contribution in [0, 0.1) is 5.92 Å². The van der Waals surface area contributed by atoms with Crippen molar-refractivity contribution in [2.75, 3.05) is 46.4 Å². The van der Waals surface area contributed by atoms with E-state index in [2.05, 4.69) is 37.6 Å². The van der Waals surface area contributed by atoms with Crippen molar-refractivity contribution < 1.29 is 14.3 Å². The third kappa shape index (κ3) is 11.0. The molecule has 2 rings (SSSR count). The van der Waals surface area contributed by atoms with E-state index < -0.39 is 5.60 Å². The van der Waals surface area contributed by atoms with Crippen LogP contribution in [0.25, 0.3) is 0 Å². The Balaban J connectivity index is 1.58. The molecule has 35 heavy (non-hydrogen) atoms. The third-order valence-electron chi connectivity index (χ3n) is 7.95. The smallest absolute Gasteiger partial charge is 0.188 e. The first-order valence-electron chi connectivity index (χ1n) is 14.9. The highest BCUT2D eigenvalue weighted by Gasteiger charge is 2.45. The molecular formula is C30H56N2O3. The Morgan fingerprint density at radius 2 is 1.51 bits per heavy atom. The molecule has 204 valence electrons. The van der Waals surface area contributed by atoms with Crippen LogP contribution in [0.2, 0.25) is 0 Å². The lowest BCUT2D eigenvalue weighted by Crippen LogP contribution is -2.62. The highest BCUT2D eigenvalue weighted by molar-refractivity contribution is 5.98. The standard InChI is InChI=1S/C30H56N2O3/c1-5-6-7-8-9-10-11-12-13-14-15-16-17-18-23-34-29-25-31(4)21-22-32(29)26-30(27(2)3)28(33)20-19-24-35-30/h19-20,27,29H,5-18,21-26H2,1-4H3. The van der Waals surface area contributed by atoms with Gasteiger partial charge < -0.3 is 14.4 Å². The van der Waals surface area contributed by atoms with Crippen molar-refractivity contribution in [2.45, 2.75) is 122 Å². The van der Waals surface area contributed by atoms with Crippen molar-refractivity contribution >= 4 is 5.78 Å². The van der Waals surface area contributed by atoms with E-state index in [4.69, 9.17) is 9.47 Å². The normalized spacial score (nSPS) is 24.0. The molecule has 1 fully saturated rings. The first-order valence-corrected chi connectivity index (χ1v) is 14.9. The van der Waals surface area contributed by atoms with Crippen molar-refractivity contribution in [2.24, 2.45) is 5.92 Å². The van der Waals surface area contributed by atoms with Crippen LogP contribution in [0.3, 0.4) is 0 Å². The van der Waals surface area contributed by atoms with Crippen LogP contribution in [-0.4, -0.2) is 73.9 Å². The summed E-state index contributed by atoms with van der Waals surface area (Å²) < 4.78 is 12.5. The topological polar surface area (TPSA) is 42.0 Å². The maximum absolute atomic E-state index is 12.8. The van der Waals surface area contributed by atoms with E-state index in [-0.39, 0.29) is 17.9 Å². The molecule has 0 N–H and O–H groups in total. The van der Waals surface area contributed by atoms with Gasteiger partial charge in [-0.05, 0) is 25.5 Å². The Labute approximate surface area is 217 Å². The Kier molecular flexibility index (Phi) is 15.4. The maximum Gasteiger partial charge on any atom is 0.188 e.